The van der Waals surface area contributed by atoms with Crippen LogP contribution in [-0.2, 0) is 25.0 Å². The van der Waals surface area contributed by atoms with Gasteiger partial charge >= 0.3 is 18.0 Å². The van der Waals surface area contributed by atoms with Crippen LogP contribution in [0.5, 0.6) is 5.88 Å². The first kappa shape index (κ1) is 35.4. The number of hydrogen-bond acceptors (Lipinski definition) is 8. The number of amides is 2. The Morgan fingerprint density at radius 1 is 1.04 bits per heavy atom. The molecule has 1 aromatic heterocycles. The summed E-state index contributed by atoms with van der Waals surface area (Å²) in [6, 6.07) is 4.42. The number of Topliss-reactive ketones (excluding diaryl/α,β-unsaturated/α-hetero) is 1. The summed E-state index contributed by atoms with van der Waals surface area (Å²) in [5.74, 6) is -6.41. The minimum atomic E-state index is -3.58. The first-order valence-electron chi connectivity index (χ1n) is 17.4. The molecule has 3 aliphatic heterocycles. The minimum Gasteiger partial charge on any atom is -0.481 e. The zero-order chi connectivity index (χ0) is 35.7. The summed E-state index contributed by atoms with van der Waals surface area (Å²) in [5.41, 5.74) is -1.97. The maximum absolute atomic E-state index is 15.9. The predicted octanol–water partition coefficient (Wildman–Crippen LogP) is 6.11. The van der Waals surface area contributed by atoms with Gasteiger partial charge in [-0.15, -0.1) is 0 Å². The SMILES string of the molecule is CC1(C)CC/C=C/C(F)(F)c2nc3ccccc3nc2O[C@@H]2C[C@H]3C(=O)C[C@]4(C(=O)O)C[C@H]4/C=C\CCCCC[C@H](NC(=O)OC1)C(=O)N3C2. The molecule has 13 heteroatoms. The number of carbonyl (C=O) groups is 4. The fraction of sp³-hybridized carbons (Fsp3) is 0.568. The lowest BCUT2D eigenvalue weighted by Gasteiger charge is -2.29. The topological polar surface area (TPSA) is 148 Å². The standard InChI is InChI=1S/C37H44F2N4O7/c1-35(2)16-10-11-17-37(38,39)30-31(41-26-14-9-8-13-25(26)40-30)50-24-18-28-29(44)20-36(33(46)47)19-23(36)12-6-4-3-5-7-15-27(32(45)43(28)21-24)42-34(48)49-22-35/h6,8-9,11-14,17,23-24,27-28H,3-5,7,10,15-16,18-22H2,1-2H3,(H,42,48)(H,46,47)/b12-6-,17-11+/t23-,24-,27+,28+,36-/m1/s1. The molecular formula is C37H44F2N4O7. The molecule has 0 radical (unpaired) electrons. The number of ketones is 1. The van der Waals surface area contributed by atoms with Gasteiger partial charge < -0.3 is 24.8 Å². The average Bonchev–Trinajstić information content (AvgIpc) is 3.61. The van der Waals surface area contributed by atoms with Gasteiger partial charge in [0.15, 0.2) is 11.5 Å². The lowest BCUT2D eigenvalue weighted by Crippen LogP contribution is -2.52. The van der Waals surface area contributed by atoms with E-state index in [1.165, 1.54) is 11.0 Å². The van der Waals surface area contributed by atoms with E-state index in [-0.39, 0.29) is 50.3 Å². The van der Waals surface area contributed by atoms with Crippen molar-refractivity contribution in [3.05, 3.63) is 54.3 Å². The lowest BCUT2D eigenvalue weighted by atomic mass is 9.89. The van der Waals surface area contributed by atoms with Crippen LogP contribution in [0.4, 0.5) is 13.6 Å². The number of carboxylic acids is 1. The molecular weight excluding hydrogens is 650 g/mol. The normalized spacial score (nSPS) is 31.7. The van der Waals surface area contributed by atoms with Gasteiger partial charge in [-0.3, -0.25) is 14.4 Å². The van der Waals surface area contributed by atoms with Crippen molar-refractivity contribution < 1.29 is 42.5 Å². The Morgan fingerprint density at radius 3 is 2.56 bits per heavy atom. The average molecular weight is 695 g/mol. The zero-order valence-corrected chi connectivity index (χ0v) is 28.4. The number of halogens is 2. The van der Waals surface area contributed by atoms with E-state index in [0.29, 0.717) is 24.8 Å². The number of cyclic esters (lactones) is 1. The third-order valence-electron chi connectivity index (χ3n) is 10.3. The summed E-state index contributed by atoms with van der Waals surface area (Å²) < 4.78 is 43.6. The van der Waals surface area contributed by atoms with E-state index in [1.54, 1.807) is 24.3 Å². The molecule has 4 heterocycles. The van der Waals surface area contributed by atoms with Gasteiger partial charge in [-0.25, -0.2) is 14.8 Å². The Bertz CT molecular complexity index is 1710. The highest BCUT2D eigenvalue weighted by Gasteiger charge is 2.61. The first-order chi connectivity index (χ1) is 23.8. The number of aromatic nitrogens is 2. The molecule has 1 aromatic carbocycles. The highest BCUT2D eigenvalue weighted by molar-refractivity contribution is 5.96. The molecule has 50 heavy (non-hydrogen) atoms. The van der Waals surface area contributed by atoms with Gasteiger partial charge in [-0.2, -0.15) is 8.78 Å². The van der Waals surface area contributed by atoms with E-state index < -0.39 is 70.3 Å². The molecule has 3 bridgehead atoms. The molecule has 2 N–H and O–H groups in total. The maximum Gasteiger partial charge on any atom is 0.407 e. The second-order valence-electron chi connectivity index (χ2n) is 14.8. The Kier molecular flexibility index (Phi) is 9.96. The van der Waals surface area contributed by atoms with Crippen LogP contribution in [0.25, 0.3) is 11.0 Å². The predicted molar refractivity (Wildman–Crippen MR) is 178 cm³/mol. The van der Waals surface area contributed by atoms with Gasteiger partial charge in [0.1, 0.15) is 12.1 Å². The minimum absolute atomic E-state index is 0.0181. The summed E-state index contributed by atoms with van der Waals surface area (Å²) in [7, 11) is 0. The molecule has 1 saturated heterocycles. The molecule has 6 rings (SSSR count). The molecule has 2 aromatic rings. The number of hydrogen-bond donors (Lipinski definition) is 2. The molecule has 1 aliphatic carbocycles. The third-order valence-corrected chi connectivity index (χ3v) is 10.3. The monoisotopic (exact) mass is 694 g/mol. The van der Waals surface area contributed by atoms with E-state index in [0.717, 1.165) is 25.3 Å². The van der Waals surface area contributed by atoms with Gasteiger partial charge in [0.25, 0.3) is 0 Å². The number of fused-ring (bicyclic) bond motifs is 5. The van der Waals surface area contributed by atoms with Crippen LogP contribution in [0.15, 0.2) is 48.6 Å². The van der Waals surface area contributed by atoms with Crippen molar-refractivity contribution in [2.45, 2.75) is 102 Å². The Morgan fingerprint density at radius 2 is 1.80 bits per heavy atom. The number of aliphatic carboxylic acids is 1. The fourth-order valence-corrected chi connectivity index (χ4v) is 7.22. The summed E-state index contributed by atoms with van der Waals surface area (Å²) >= 11 is 0. The van der Waals surface area contributed by atoms with Gasteiger partial charge in [-0.1, -0.05) is 57.0 Å². The van der Waals surface area contributed by atoms with Gasteiger partial charge in [0.05, 0.1) is 35.6 Å². The van der Waals surface area contributed by atoms with Crippen molar-refractivity contribution in [3.8, 4) is 5.88 Å². The second-order valence-corrected chi connectivity index (χ2v) is 14.8. The maximum atomic E-state index is 15.9. The quantitative estimate of drug-likeness (QED) is 0.338. The first-order valence-corrected chi connectivity index (χ1v) is 17.4. The molecule has 5 atom stereocenters. The molecule has 2 amide bonds. The van der Waals surface area contributed by atoms with E-state index in [2.05, 4.69) is 15.3 Å². The van der Waals surface area contributed by atoms with E-state index in [9.17, 15) is 24.3 Å². The summed E-state index contributed by atoms with van der Waals surface area (Å²) in [6.07, 6.45) is 7.96. The number of ether oxygens (including phenoxy) is 2. The molecule has 268 valence electrons. The van der Waals surface area contributed by atoms with Crippen LogP contribution >= 0.6 is 0 Å². The fourth-order valence-electron chi connectivity index (χ4n) is 7.22. The van der Waals surface area contributed by atoms with Crippen LogP contribution in [0, 0.1) is 16.7 Å². The van der Waals surface area contributed by atoms with Crippen LogP contribution in [0.2, 0.25) is 0 Å². The number of alkyl halides is 2. The van der Waals surface area contributed by atoms with Crippen LogP contribution in [0.3, 0.4) is 0 Å². The van der Waals surface area contributed by atoms with Crippen molar-refractivity contribution in [3.63, 3.8) is 0 Å². The molecule has 2 fully saturated rings. The van der Waals surface area contributed by atoms with Crippen molar-refractivity contribution in [2.24, 2.45) is 16.7 Å². The summed E-state index contributed by atoms with van der Waals surface area (Å²) in [6.45, 7) is 3.51. The number of nitrogens with one attached hydrogen (secondary N) is 1. The van der Waals surface area contributed by atoms with Gasteiger partial charge in [0.2, 0.25) is 11.8 Å². The van der Waals surface area contributed by atoms with E-state index in [1.807, 2.05) is 26.0 Å². The molecule has 4 aliphatic rings. The molecule has 0 spiro atoms. The zero-order valence-electron chi connectivity index (χ0n) is 28.4. The van der Waals surface area contributed by atoms with E-state index in [4.69, 9.17) is 9.47 Å². The molecule has 0 unspecified atom stereocenters. The van der Waals surface area contributed by atoms with Crippen LogP contribution in [0.1, 0.15) is 83.7 Å². The van der Waals surface area contributed by atoms with E-state index >= 15 is 8.78 Å². The Hall–Kier alpha value is -4.42. The lowest BCUT2D eigenvalue weighted by molar-refractivity contribution is -0.147. The highest BCUT2D eigenvalue weighted by atomic mass is 19.3. The summed E-state index contributed by atoms with van der Waals surface area (Å²) in [4.78, 5) is 63.9. The second kappa shape index (κ2) is 14.1. The largest absolute Gasteiger partial charge is 0.481 e. The number of carboxylic acid groups (broad SMARTS) is 1. The van der Waals surface area contributed by atoms with Crippen molar-refractivity contribution >= 4 is 34.8 Å². The smallest absolute Gasteiger partial charge is 0.407 e. The highest BCUT2D eigenvalue weighted by Crippen LogP contribution is 2.57. The van der Waals surface area contributed by atoms with Gasteiger partial charge in [0, 0.05) is 12.8 Å². The third kappa shape index (κ3) is 7.66. The summed E-state index contributed by atoms with van der Waals surface area (Å²) in [5, 5.41) is 12.9. The molecule has 1 saturated carbocycles. The number of benzene rings is 1. The van der Waals surface area contributed by atoms with Crippen LogP contribution < -0.4 is 10.1 Å². The Balaban J connectivity index is 1.40. The number of allylic oxidation sites excluding steroid dienone is 4. The van der Waals surface area contributed by atoms with Crippen molar-refractivity contribution in [1.82, 2.24) is 20.2 Å². The number of carbonyl (C=O) groups excluding carboxylic acids is 3. The Labute approximate surface area is 289 Å². The van der Waals surface area contributed by atoms with Crippen LogP contribution in [-0.4, -0.2) is 75.1 Å². The number of para-hydroxylation sites is 2. The molecule has 11 nitrogen and oxygen atoms in total. The van der Waals surface area contributed by atoms with Gasteiger partial charge in [-0.05, 0) is 68.1 Å². The van der Waals surface area contributed by atoms with Crippen molar-refractivity contribution in [2.75, 3.05) is 13.2 Å². The number of alkyl carbamates (subject to hydrolysis) is 1. The van der Waals surface area contributed by atoms with Crippen molar-refractivity contribution in [1.29, 1.82) is 0 Å². The number of nitrogens with zero attached hydrogens (tertiary/aromatic N) is 3. The number of rotatable bonds is 1.